The van der Waals surface area contributed by atoms with E-state index in [0.717, 1.165) is 26.1 Å². The quantitative estimate of drug-likeness (QED) is 0.838. The zero-order valence-corrected chi connectivity index (χ0v) is 9.73. The van der Waals surface area contributed by atoms with Gasteiger partial charge in [-0.2, -0.15) is 0 Å². The van der Waals surface area contributed by atoms with Crippen molar-refractivity contribution in [1.29, 1.82) is 0 Å². The largest absolute Gasteiger partial charge is 0.327 e. The van der Waals surface area contributed by atoms with Crippen molar-refractivity contribution in [3.63, 3.8) is 0 Å². The predicted molar refractivity (Wildman–Crippen MR) is 69.1 cm³/mol. The molecular weight excluding hydrogens is 196 g/mol. The second-order valence-electron chi connectivity index (χ2n) is 4.61. The van der Waals surface area contributed by atoms with E-state index < -0.39 is 0 Å². The van der Waals surface area contributed by atoms with Crippen LogP contribution in [-0.4, -0.2) is 30.6 Å². The molecule has 1 unspecified atom stereocenters. The summed E-state index contributed by atoms with van der Waals surface area (Å²) < 4.78 is 0. The van der Waals surface area contributed by atoms with Crippen molar-refractivity contribution in [3.8, 4) is 0 Å². The first kappa shape index (κ1) is 11.4. The van der Waals surface area contributed by atoms with Gasteiger partial charge in [-0.1, -0.05) is 36.9 Å². The highest BCUT2D eigenvalue weighted by molar-refractivity contribution is 5.64. The van der Waals surface area contributed by atoms with Gasteiger partial charge in [-0.25, -0.2) is 0 Å². The molecule has 1 aromatic rings. The van der Waals surface area contributed by atoms with E-state index in [-0.39, 0.29) is 0 Å². The Morgan fingerprint density at radius 2 is 2.12 bits per heavy atom. The Balaban J connectivity index is 1.92. The number of rotatable bonds is 3. The Morgan fingerprint density at radius 3 is 2.81 bits per heavy atom. The molecule has 1 atom stereocenters. The summed E-state index contributed by atoms with van der Waals surface area (Å²) in [5.74, 6) is 0. The van der Waals surface area contributed by atoms with Crippen LogP contribution in [0.2, 0.25) is 0 Å². The predicted octanol–water partition coefficient (Wildman–Crippen LogP) is 2.12. The van der Waals surface area contributed by atoms with Gasteiger partial charge < -0.3 is 5.73 Å². The van der Waals surface area contributed by atoms with Crippen LogP contribution < -0.4 is 5.73 Å². The fourth-order valence-corrected chi connectivity index (χ4v) is 2.27. The van der Waals surface area contributed by atoms with Gasteiger partial charge in [0.2, 0.25) is 0 Å². The summed E-state index contributed by atoms with van der Waals surface area (Å²) in [5.41, 5.74) is 8.40. The van der Waals surface area contributed by atoms with Crippen LogP contribution in [0.3, 0.4) is 0 Å². The zero-order valence-electron chi connectivity index (χ0n) is 9.73. The van der Waals surface area contributed by atoms with Crippen molar-refractivity contribution in [1.82, 2.24) is 4.90 Å². The molecule has 1 aliphatic heterocycles. The fourth-order valence-electron chi connectivity index (χ4n) is 2.27. The van der Waals surface area contributed by atoms with Gasteiger partial charge in [-0.15, -0.1) is 0 Å². The summed E-state index contributed by atoms with van der Waals surface area (Å²) in [6.07, 6.45) is 2.37. The van der Waals surface area contributed by atoms with Gasteiger partial charge in [0.05, 0.1) is 0 Å². The van der Waals surface area contributed by atoms with E-state index in [2.05, 4.69) is 35.7 Å². The zero-order chi connectivity index (χ0) is 11.4. The molecule has 0 radical (unpaired) electrons. The lowest BCUT2D eigenvalue weighted by Crippen LogP contribution is -2.43. The van der Waals surface area contributed by atoms with Crippen LogP contribution in [0.4, 0.5) is 0 Å². The van der Waals surface area contributed by atoms with Gasteiger partial charge in [0.25, 0.3) is 0 Å². The standard InChI is InChI=1S/C14H20N2/c1-12(13-6-3-2-4-7-13)10-16-9-5-8-14(15)11-16/h2-4,6-7,14H,1,5,8-11,15H2. The van der Waals surface area contributed by atoms with Crippen LogP contribution in [0, 0.1) is 0 Å². The Kier molecular flexibility index (Phi) is 3.75. The Labute approximate surface area is 97.8 Å². The first-order valence-corrected chi connectivity index (χ1v) is 5.97. The average Bonchev–Trinajstić information content (AvgIpc) is 2.30. The molecule has 1 fully saturated rings. The van der Waals surface area contributed by atoms with Crippen LogP contribution in [0.1, 0.15) is 18.4 Å². The lowest BCUT2D eigenvalue weighted by molar-refractivity contribution is 0.232. The van der Waals surface area contributed by atoms with E-state index in [4.69, 9.17) is 5.73 Å². The van der Waals surface area contributed by atoms with Gasteiger partial charge in [0.1, 0.15) is 0 Å². The van der Waals surface area contributed by atoms with E-state index in [1.807, 2.05) is 6.07 Å². The number of nitrogens with two attached hydrogens (primary N) is 1. The molecule has 1 aliphatic rings. The Bertz CT molecular complexity index is 345. The molecule has 0 aliphatic carbocycles. The van der Waals surface area contributed by atoms with E-state index in [9.17, 15) is 0 Å². The highest BCUT2D eigenvalue weighted by atomic mass is 15.1. The maximum Gasteiger partial charge on any atom is 0.0234 e. The number of piperidine rings is 1. The summed E-state index contributed by atoms with van der Waals surface area (Å²) in [6.45, 7) is 7.26. The first-order valence-electron chi connectivity index (χ1n) is 5.97. The van der Waals surface area contributed by atoms with Crippen LogP contribution in [0.15, 0.2) is 36.9 Å². The molecule has 0 saturated carbocycles. The molecule has 0 aromatic heterocycles. The van der Waals surface area contributed by atoms with Crippen molar-refractivity contribution in [2.45, 2.75) is 18.9 Å². The molecule has 1 heterocycles. The topological polar surface area (TPSA) is 29.3 Å². The van der Waals surface area contributed by atoms with Crippen LogP contribution in [0.5, 0.6) is 0 Å². The number of hydrogen-bond donors (Lipinski definition) is 1. The third-order valence-corrected chi connectivity index (χ3v) is 3.14. The minimum atomic E-state index is 0.345. The second kappa shape index (κ2) is 5.28. The molecule has 2 rings (SSSR count). The third-order valence-electron chi connectivity index (χ3n) is 3.14. The minimum Gasteiger partial charge on any atom is -0.327 e. The molecular formula is C14H20N2. The lowest BCUT2D eigenvalue weighted by atomic mass is 10.0. The van der Waals surface area contributed by atoms with Crippen molar-refractivity contribution in [2.24, 2.45) is 5.73 Å². The molecule has 1 saturated heterocycles. The molecule has 0 spiro atoms. The fraction of sp³-hybridized carbons (Fsp3) is 0.429. The van der Waals surface area contributed by atoms with Crippen LogP contribution >= 0.6 is 0 Å². The summed E-state index contributed by atoms with van der Waals surface area (Å²) in [4.78, 5) is 2.41. The van der Waals surface area contributed by atoms with Gasteiger partial charge in [0.15, 0.2) is 0 Å². The number of benzene rings is 1. The lowest BCUT2D eigenvalue weighted by Gasteiger charge is -2.31. The minimum absolute atomic E-state index is 0.345. The first-order chi connectivity index (χ1) is 7.75. The molecule has 16 heavy (non-hydrogen) atoms. The van der Waals surface area contributed by atoms with E-state index in [1.54, 1.807) is 0 Å². The highest BCUT2D eigenvalue weighted by Gasteiger charge is 2.16. The molecule has 0 amide bonds. The molecule has 1 aromatic carbocycles. The Hall–Kier alpha value is -1.12. The third kappa shape index (κ3) is 2.94. The molecule has 86 valence electrons. The highest BCUT2D eigenvalue weighted by Crippen LogP contribution is 2.16. The van der Waals surface area contributed by atoms with Crippen molar-refractivity contribution in [2.75, 3.05) is 19.6 Å². The van der Waals surface area contributed by atoms with Crippen molar-refractivity contribution >= 4 is 5.57 Å². The maximum atomic E-state index is 5.97. The van der Waals surface area contributed by atoms with Crippen LogP contribution in [0.25, 0.3) is 5.57 Å². The maximum absolute atomic E-state index is 5.97. The molecule has 0 bridgehead atoms. The monoisotopic (exact) mass is 216 g/mol. The van der Waals surface area contributed by atoms with Crippen molar-refractivity contribution < 1.29 is 0 Å². The van der Waals surface area contributed by atoms with Gasteiger partial charge >= 0.3 is 0 Å². The van der Waals surface area contributed by atoms with E-state index >= 15 is 0 Å². The van der Waals surface area contributed by atoms with Gasteiger partial charge in [0, 0.05) is 19.1 Å². The Morgan fingerprint density at radius 1 is 1.38 bits per heavy atom. The second-order valence-corrected chi connectivity index (χ2v) is 4.61. The summed E-state index contributed by atoms with van der Waals surface area (Å²) >= 11 is 0. The summed E-state index contributed by atoms with van der Waals surface area (Å²) in [7, 11) is 0. The van der Waals surface area contributed by atoms with Gasteiger partial charge in [-0.05, 0) is 30.5 Å². The summed E-state index contributed by atoms with van der Waals surface area (Å²) in [5, 5.41) is 0. The SMILES string of the molecule is C=C(CN1CCCC(N)C1)c1ccccc1. The number of nitrogens with zero attached hydrogens (tertiary/aromatic N) is 1. The van der Waals surface area contributed by atoms with Crippen LogP contribution in [-0.2, 0) is 0 Å². The molecule has 2 nitrogen and oxygen atoms in total. The molecule has 2 N–H and O–H groups in total. The smallest absolute Gasteiger partial charge is 0.0234 e. The number of hydrogen-bond acceptors (Lipinski definition) is 2. The van der Waals surface area contributed by atoms with Gasteiger partial charge in [-0.3, -0.25) is 4.90 Å². The molecule has 2 heteroatoms. The number of likely N-dealkylation sites (tertiary alicyclic amines) is 1. The average molecular weight is 216 g/mol. The van der Waals surface area contributed by atoms with Crippen molar-refractivity contribution in [3.05, 3.63) is 42.5 Å². The van der Waals surface area contributed by atoms with E-state index in [1.165, 1.54) is 17.6 Å². The summed E-state index contributed by atoms with van der Waals surface area (Å²) in [6, 6.07) is 10.7. The van der Waals surface area contributed by atoms with E-state index in [0.29, 0.717) is 6.04 Å². The normalized spacial score (nSPS) is 21.9.